The summed E-state index contributed by atoms with van der Waals surface area (Å²) < 4.78 is 5.09. The number of aryl methyl sites for hydroxylation is 1. The second-order valence-electron chi connectivity index (χ2n) is 3.99. The molecule has 5 nitrogen and oxygen atoms in total. The van der Waals surface area contributed by atoms with Gasteiger partial charge in [-0.1, -0.05) is 23.2 Å². The summed E-state index contributed by atoms with van der Waals surface area (Å²) in [6, 6.07) is 4.76. The number of ether oxygens (including phenoxy) is 1. The first-order valence-electron chi connectivity index (χ1n) is 5.65. The molecule has 0 spiro atoms. The standard InChI is InChI=1S/C13H11Cl2N3O2/c1-7-5-9(13(20-2)16-6-7)17-12(19)11-8(14)3-4-10(15)18-11/h3-6H,1-2H3,(H,17,19). The van der Waals surface area contributed by atoms with Crippen molar-refractivity contribution in [2.24, 2.45) is 0 Å². The number of aromatic nitrogens is 2. The molecule has 1 amide bonds. The highest BCUT2D eigenvalue weighted by atomic mass is 35.5. The molecule has 7 heteroatoms. The molecule has 20 heavy (non-hydrogen) atoms. The van der Waals surface area contributed by atoms with Gasteiger partial charge in [-0.3, -0.25) is 4.79 Å². The monoisotopic (exact) mass is 311 g/mol. The highest BCUT2D eigenvalue weighted by Crippen LogP contribution is 2.24. The van der Waals surface area contributed by atoms with Crippen LogP contribution in [-0.4, -0.2) is 23.0 Å². The van der Waals surface area contributed by atoms with E-state index >= 15 is 0 Å². The predicted octanol–water partition coefficient (Wildman–Crippen LogP) is 3.35. The molecule has 0 aliphatic heterocycles. The number of methoxy groups -OCH3 is 1. The van der Waals surface area contributed by atoms with E-state index in [1.807, 2.05) is 6.92 Å². The number of nitrogens with zero attached hydrogens (tertiary/aromatic N) is 2. The fourth-order valence-corrected chi connectivity index (χ4v) is 1.91. The van der Waals surface area contributed by atoms with E-state index in [-0.39, 0.29) is 15.9 Å². The molecule has 0 aliphatic carbocycles. The average molecular weight is 312 g/mol. The highest BCUT2D eigenvalue weighted by molar-refractivity contribution is 6.35. The summed E-state index contributed by atoms with van der Waals surface area (Å²) in [6.07, 6.45) is 1.64. The van der Waals surface area contributed by atoms with Crippen LogP contribution in [0.2, 0.25) is 10.2 Å². The van der Waals surface area contributed by atoms with Gasteiger partial charge in [0.2, 0.25) is 5.88 Å². The van der Waals surface area contributed by atoms with E-state index in [4.69, 9.17) is 27.9 Å². The molecule has 0 aromatic carbocycles. The molecule has 0 saturated carbocycles. The molecule has 0 aliphatic rings. The third-order valence-electron chi connectivity index (χ3n) is 2.46. The molecule has 0 atom stereocenters. The molecule has 0 unspecified atom stereocenters. The Balaban J connectivity index is 2.32. The first-order valence-corrected chi connectivity index (χ1v) is 6.41. The Morgan fingerprint density at radius 3 is 2.80 bits per heavy atom. The zero-order valence-corrected chi connectivity index (χ0v) is 12.3. The van der Waals surface area contributed by atoms with Crippen molar-refractivity contribution in [2.45, 2.75) is 6.92 Å². The number of anilines is 1. The van der Waals surface area contributed by atoms with Gasteiger partial charge < -0.3 is 10.1 Å². The van der Waals surface area contributed by atoms with Gasteiger partial charge in [-0.15, -0.1) is 0 Å². The van der Waals surface area contributed by atoms with Crippen LogP contribution >= 0.6 is 23.2 Å². The Morgan fingerprint density at radius 1 is 1.35 bits per heavy atom. The van der Waals surface area contributed by atoms with E-state index in [0.717, 1.165) is 5.56 Å². The first kappa shape index (κ1) is 14.6. The van der Waals surface area contributed by atoms with Crippen molar-refractivity contribution >= 4 is 34.8 Å². The van der Waals surface area contributed by atoms with Crippen LogP contribution in [0, 0.1) is 6.92 Å². The minimum Gasteiger partial charge on any atom is -0.480 e. The van der Waals surface area contributed by atoms with Gasteiger partial charge in [-0.25, -0.2) is 9.97 Å². The van der Waals surface area contributed by atoms with Gasteiger partial charge in [-0.2, -0.15) is 0 Å². The Bertz CT molecular complexity index is 662. The van der Waals surface area contributed by atoms with Crippen LogP contribution in [0.25, 0.3) is 0 Å². The van der Waals surface area contributed by atoms with Crippen LogP contribution < -0.4 is 10.1 Å². The summed E-state index contributed by atoms with van der Waals surface area (Å²) >= 11 is 11.7. The van der Waals surface area contributed by atoms with E-state index in [0.29, 0.717) is 11.6 Å². The van der Waals surface area contributed by atoms with E-state index < -0.39 is 5.91 Å². The maximum atomic E-state index is 12.2. The van der Waals surface area contributed by atoms with Crippen LogP contribution in [0.1, 0.15) is 16.1 Å². The second-order valence-corrected chi connectivity index (χ2v) is 4.78. The lowest BCUT2D eigenvalue weighted by Gasteiger charge is -2.10. The van der Waals surface area contributed by atoms with Crippen molar-refractivity contribution < 1.29 is 9.53 Å². The second kappa shape index (κ2) is 6.07. The fourth-order valence-electron chi connectivity index (χ4n) is 1.57. The summed E-state index contributed by atoms with van der Waals surface area (Å²) in [5, 5.41) is 3.06. The molecule has 0 radical (unpaired) electrons. The molecular weight excluding hydrogens is 301 g/mol. The number of carbonyl (C=O) groups excluding carboxylic acids is 1. The topological polar surface area (TPSA) is 64.1 Å². The van der Waals surface area contributed by atoms with E-state index in [1.54, 1.807) is 12.3 Å². The van der Waals surface area contributed by atoms with Crippen molar-refractivity contribution in [3.05, 3.63) is 45.8 Å². The number of carbonyl (C=O) groups is 1. The minimum absolute atomic E-state index is 0.0442. The lowest BCUT2D eigenvalue weighted by molar-refractivity contribution is 0.102. The maximum absolute atomic E-state index is 12.2. The number of hydrogen-bond acceptors (Lipinski definition) is 4. The SMILES string of the molecule is COc1ncc(C)cc1NC(=O)c1nc(Cl)ccc1Cl. The molecule has 1 N–H and O–H groups in total. The lowest BCUT2D eigenvalue weighted by atomic mass is 10.2. The molecule has 104 valence electrons. The maximum Gasteiger partial charge on any atom is 0.276 e. The zero-order valence-electron chi connectivity index (χ0n) is 10.8. The third-order valence-corrected chi connectivity index (χ3v) is 2.97. The molecule has 2 aromatic heterocycles. The molecule has 2 rings (SSSR count). The van der Waals surface area contributed by atoms with E-state index in [1.165, 1.54) is 19.2 Å². The summed E-state index contributed by atoms with van der Waals surface area (Å²) in [4.78, 5) is 20.1. The summed E-state index contributed by atoms with van der Waals surface area (Å²) in [6.45, 7) is 1.85. The van der Waals surface area contributed by atoms with Gasteiger partial charge >= 0.3 is 0 Å². The summed E-state index contributed by atoms with van der Waals surface area (Å²) in [7, 11) is 1.47. The Kier molecular flexibility index (Phi) is 4.42. The van der Waals surface area contributed by atoms with Crippen LogP contribution in [0.5, 0.6) is 5.88 Å². The molecule has 2 heterocycles. The Labute approximate surface area is 125 Å². The molecule has 0 fully saturated rings. The zero-order chi connectivity index (χ0) is 14.7. The van der Waals surface area contributed by atoms with Gasteiger partial charge in [0, 0.05) is 6.20 Å². The number of pyridine rings is 2. The van der Waals surface area contributed by atoms with Gasteiger partial charge in [0.1, 0.15) is 16.5 Å². The van der Waals surface area contributed by atoms with E-state index in [9.17, 15) is 4.79 Å². The molecule has 0 saturated heterocycles. The van der Waals surface area contributed by atoms with Crippen molar-refractivity contribution in [3.8, 4) is 5.88 Å². The van der Waals surface area contributed by atoms with Crippen molar-refractivity contribution in [1.82, 2.24) is 9.97 Å². The van der Waals surface area contributed by atoms with Gasteiger partial charge in [-0.05, 0) is 30.7 Å². The highest BCUT2D eigenvalue weighted by Gasteiger charge is 2.15. The van der Waals surface area contributed by atoms with Gasteiger partial charge in [0.15, 0.2) is 0 Å². The van der Waals surface area contributed by atoms with Crippen LogP contribution in [0.4, 0.5) is 5.69 Å². The predicted molar refractivity (Wildman–Crippen MR) is 77.7 cm³/mol. The van der Waals surface area contributed by atoms with Crippen molar-refractivity contribution in [1.29, 1.82) is 0 Å². The lowest BCUT2D eigenvalue weighted by Crippen LogP contribution is -2.15. The van der Waals surface area contributed by atoms with Crippen LogP contribution in [-0.2, 0) is 0 Å². The minimum atomic E-state index is -0.483. The summed E-state index contributed by atoms with van der Waals surface area (Å²) in [5.74, 6) is -0.176. The largest absolute Gasteiger partial charge is 0.480 e. The van der Waals surface area contributed by atoms with Crippen LogP contribution in [0.3, 0.4) is 0 Å². The number of hydrogen-bond donors (Lipinski definition) is 1. The Morgan fingerprint density at radius 2 is 2.10 bits per heavy atom. The number of amides is 1. The Hall–Kier alpha value is -1.85. The third kappa shape index (κ3) is 3.18. The average Bonchev–Trinajstić information content (AvgIpc) is 2.41. The molecule has 0 bridgehead atoms. The first-order chi connectivity index (χ1) is 9.51. The van der Waals surface area contributed by atoms with E-state index in [2.05, 4.69) is 15.3 Å². The smallest absolute Gasteiger partial charge is 0.276 e. The number of nitrogens with one attached hydrogen (secondary N) is 1. The molecular formula is C13H11Cl2N3O2. The van der Waals surface area contributed by atoms with Crippen LogP contribution in [0.15, 0.2) is 24.4 Å². The normalized spacial score (nSPS) is 10.2. The fraction of sp³-hybridized carbons (Fsp3) is 0.154. The van der Waals surface area contributed by atoms with Crippen molar-refractivity contribution in [2.75, 3.05) is 12.4 Å². The summed E-state index contributed by atoms with van der Waals surface area (Å²) in [5.41, 5.74) is 1.37. The molecule has 2 aromatic rings. The number of halogens is 2. The number of rotatable bonds is 3. The van der Waals surface area contributed by atoms with Gasteiger partial charge in [0.05, 0.1) is 12.1 Å². The quantitative estimate of drug-likeness (QED) is 0.883. The van der Waals surface area contributed by atoms with Gasteiger partial charge in [0.25, 0.3) is 5.91 Å². The van der Waals surface area contributed by atoms with Crippen molar-refractivity contribution in [3.63, 3.8) is 0 Å².